The van der Waals surface area contributed by atoms with Crippen molar-refractivity contribution in [3.05, 3.63) is 51.8 Å². The maximum atomic E-state index is 13.5. The molecule has 0 saturated heterocycles. The fraction of sp³-hybridized carbons (Fsp3) is 0. The van der Waals surface area contributed by atoms with E-state index in [-0.39, 0.29) is 21.9 Å². The normalized spacial score (nSPS) is 10.7. The molecule has 2 rings (SSSR count). The number of benzene rings is 2. The average molecular weight is 353 g/mol. The Kier molecular flexibility index (Phi) is 3.85. The molecule has 0 bridgehead atoms. The van der Waals surface area contributed by atoms with Gasteiger partial charge in [0.2, 0.25) is 0 Å². The van der Waals surface area contributed by atoms with E-state index in [9.17, 15) is 22.0 Å². The van der Waals surface area contributed by atoms with E-state index in [1.807, 2.05) is 5.32 Å². The second kappa shape index (κ2) is 5.28. The number of hydrogen-bond acceptors (Lipinski definition) is 2. The van der Waals surface area contributed by atoms with Crippen molar-refractivity contribution in [2.75, 3.05) is 11.1 Å². The van der Waals surface area contributed by atoms with Crippen molar-refractivity contribution in [2.45, 2.75) is 0 Å². The largest absolute Gasteiger partial charge is 0.397 e. The first kappa shape index (κ1) is 14.6. The number of halogens is 6. The van der Waals surface area contributed by atoms with E-state index in [0.717, 1.165) is 12.1 Å². The minimum Gasteiger partial charge on any atom is -0.397 e. The summed E-state index contributed by atoms with van der Waals surface area (Å²) in [5.74, 6) is -7.19. The Bertz CT molecular complexity index is 664. The number of nitrogen functional groups attached to an aromatic ring is 1. The zero-order chi connectivity index (χ0) is 15.0. The summed E-state index contributed by atoms with van der Waals surface area (Å²) in [7, 11) is 0. The van der Waals surface area contributed by atoms with Gasteiger partial charge in [-0.05, 0) is 22.0 Å². The molecule has 0 radical (unpaired) electrons. The number of nitrogens with two attached hydrogens (primary N) is 1. The van der Waals surface area contributed by atoms with Crippen LogP contribution in [-0.2, 0) is 0 Å². The molecule has 0 aromatic heterocycles. The van der Waals surface area contributed by atoms with Gasteiger partial charge in [0.15, 0.2) is 23.3 Å². The highest BCUT2D eigenvalue weighted by molar-refractivity contribution is 9.10. The zero-order valence-corrected chi connectivity index (χ0v) is 11.2. The molecule has 0 atom stereocenters. The van der Waals surface area contributed by atoms with E-state index in [4.69, 9.17) is 5.73 Å². The smallest absolute Gasteiger partial charge is 0.185 e. The van der Waals surface area contributed by atoms with Crippen LogP contribution >= 0.6 is 15.9 Å². The number of nitrogens with one attached hydrogen (secondary N) is 1. The molecule has 0 aliphatic heterocycles. The van der Waals surface area contributed by atoms with Gasteiger partial charge in [-0.1, -0.05) is 0 Å². The molecule has 0 aliphatic rings. The summed E-state index contributed by atoms with van der Waals surface area (Å²) in [5, 5.41) is 2.04. The first-order valence-electron chi connectivity index (χ1n) is 5.15. The molecule has 106 valence electrons. The van der Waals surface area contributed by atoms with Gasteiger partial charge >= 0.3 is 0 Å². The Hall–Kier alpha value is -1.83. The van der Waals surface area contributed by atoms with Gasteiger partial charge < -0.3 is 11.1 Å². The van der Waals surface area contributed by atoms with E-state index in [2.05, 4.69) is 15.9 Å². The van der Waals surface area contributed by atoms with Crippen LogP contribution in [0.25, 0.3) is 0 Å². The summed E-state index contributed by atoms with van der Waals surface area (Å²) in [4.78, 5) is 0. The van der Waals surface area contributed by atoms with E-state index < -0.39 is 34.8 Å². The first-order chi connectivity index (χ1) is 9.31. The predicted octanol–water partition coefficient (Wildman–Crippen LogP) is 4.47. The van der Waals surface area contributed by atoms with Crippen LogP contribution in [0.1, 0.15) is 0 Å². The monoisotopic (exact) mass is 352 g/mol. The van der Waals surface area contributed by atoms with Gasteiger partial charge in [-0.3, -0.25) is 0 Å². The third-order valence-electron chi connectivity index (χ3n) is 2.46. The molecule has 20 heavy (non-hydrogen) atoms. The fourth-order valence-electron chi connectivity index (χ4n) is 1.49. The summed E-state index contributed by atoms with van der Waals surface area (Å²) in [5.41, 5.74) is 4.14. The summed E-state index contributed by atoms with van der Waals surface area (Å²) in [6.07, 6.45) is 0. The second-order valence-corrected chi connectivity index (χ2v) is 4.68. The highest BCUT2D eigenvalue weighted by Crippen LogP contribution is 2.32. The predicted molar refractivity (Wildman–Crippen MR) is 68.1 cm³/mol. The number of rotatable bonds is 2. The quantitative estimate of drug-likeness (QED) is 0.475. The summed E-state index contributed by atoms with van der Waals surface area (Å²) in [6.45, 7) is 0. The lowest BCUT2D eigenvalue weighted by Crippen LogP contribution is -2.05. The Labute approximate surface area is 118 Å². The summed E-state index contributed by atoms with van der Waals surface area (Å²) < 4.78 is 66.3. The van der Waals surface area contributed by atoms with Gasteiger partial charge in [-0.15, -0.1) is 0 Å². The molecule has 0 heterocycles. The van der Waals surface area contributed by atoms with Crippen LogP contribution in [0.15, 0.2) is 22.7 Å². The average Bonchev–Trinajstić information content (AvgIpc) is 2.38. The van der Waals surface area contributed by atoms with Gasteiger partial charge in [0.25, 0.3) is 0 Å². The standard InChI is InChI=1S/C12H6BrF5N2/c13-4-1-8(19)9(3-5(4)14)20-12-10(17)6(15)2-7(16)11(12)18/h1-3,20H,19H2. The highest BCUT2D eigenvalue weighted by atomic mass is 79.9. The van der Waals surface area contributed by atoms with Gasteiger partial charge in [0, 0.05) is 12.1 Å². The van der Waals surface area contributed by atoms with Gasteiger partial charge in [-0.2, -0.15) is 0 Å². The van der Waals surface area contributed by atoms with Crippen LogP contribution in [0, 0.1) is 29.1 Å². The number of hydrogen-bond donors (Lipinski definition) is 2. The molecule has 0 saturated carbocycles. The van der Waals surface area contributed by atoms with Crippen molar-refractivity contribution in [1.29, 1.82) is 0 Å². The lowest BCUT2D eigenvalue weighted by atomic mass is 10.2. The molecule has 0 spiro atoms. The molecule has 0 unspecified atom stereocenters. The zero-order valence-electron chi connectivity index (χ0n) is 9.58. The van der Waals surface area contributed by atoms with Crippen molar-refractivity contribution < 1.29 is 22.0 Å². The van der Waals surface area contributed by atoms with Crippen molar-refractivity contribution >= 4 is 33.0 Å². The molecule has 0 fully saturated rings. The molecule has 0 aliphatic carbocycles. The van der Waals surface area contributed by atoms with E-state index >= 15 is 0 Å². The molecule has 3 N–H and O–H groups in total. The lowest BCUT2D eigenvalue weighted by molar-refractivity contribution is 0.459. The third kappa shape index (κ3) is 2.55. The van der Waals surface area contributed by atoms with E-state index in [1.165, 1.54) is 0 Å². The van der Waals surface area contributed by atoms with Crippen LogP contribution in [0.3, 0.4) is 0 Å². The Morgan fingerprint density at radius 2 is 1.40 bits per heavy atom. The maximum absolute atomic E-state index is 13.5. The molecule has 2 aromatic rings. The lowest BCUT2D eigenvalue weighted by Gasteiger charge is -2.12. The fourth-order valence-corrected chi connectivity index (χ4v) is 1.85. The Balaban J connectivity index is 2.53. The minimum absolute atomic E-state index is 0.0342. The topological polar surface area (TPSA) is 38.0 Å². The van der Waals surface area contributed by atoms with Crippen LogP contribution in [0.4, 0.5) is 39.0 Å². The number of anilines is 3. The van der Waals surface area contributed by atoms with Crippen molar-refractivity contribution in [3.8, 4) is 0 Å². The van der Waals surface area contributed by atoms with Crippen molar-refractivity contribution in [1.82, 2.24) is 0 Å². The van der Waals surface area contributed by atoms with Crippen LogP contribution < -0.4 is 11.1 Å². The summed E-state index contributed by atoms with van der Waals surface area (Å²) in [6, 6.07) is 2.05. The maximum Gasteiger partial charge on any atom is 0.185 e. The van der Waals surface area contributed by atoms with E-state index in [1.54, 1.807) is 0 Å². The first-order valence-corrected chi connectivity index (χ1v) is 5.95. The molecule has 2 aromatic carbocycles. The Morgan fingerprint density at radius 3 is 1.95 bits per heavy atom. The van der Waals surface area contributed by atoms with Crippen molar-refractivity contribution in [2.24, 2.45) is 0 Å². The third-order valence-corrected chi connectivity index (χ3v) is 3.07. The molecule has 8 heteroatoms. The van der Waals surface area contributed by atoms with Crippen LogP contribution in [0.5, 0.6) is 0 Å². The van der Waals surface area contributed by atoms with E-state index in [0.29, 0.717) is 0 Å². The van der Waals surface area contributed by atoms with Gasteiger partial charge in [-0.25, -0.2) is 22.0 Å². The highest BCUT2D eigenvalue weighted by Gasteiger charge is 2.20. The molecular weight excluding hydrogens is 347 g/mol. The van der Waals surface area contributed by atoms with Gasteiger partial charge in [0.1, 0.15) is 11.5 Å². The molecular formula is C12H6BrF5N2. The Morgan fingerprint density at radius 1 is 0.850 bits per heavy atom. The SMILES string of the molecule is Nc1cc(Br)c(F)cc1Nc1c(F)c(F)cc(F)c1F. The molecule has 2 nitrogen and oxygen atoms in total. The van der Waals surface area contributed by atoms with Crippen LogP contribution in [0.2, 0.25) is 0 Å². The van der Waals surface area contributed by atoms with Gasteiger partial charge in [0.05, 0.1) is 15.8 Å². The second-order valence-electron chi connectivity index (χ2n) is 3.82. The molecule has 0 amide bonds. The minimum atomic E-state index is -1.63. The van der Waals surface area contributed by atoms with Crippen molar-refractivity contribution in [3.63, 3.8) is 0 Å². The summed E-state index contributed by atoms with van der Waals surface area (Å²) >= 11 is 2.87. The van der Waals surface area contributed by atoms with Crippen LogP contribution in [-0.4, -0.2) is 0 Å².